The number of alkyl halides is 3. The van der Waals surface area contributed by atoms with Gasteiger partial charge in [-0.15, -0.1) is 0 Å². The van der Waals surface area contributed by atoms with Crippen molar-refractivity contribution >= 4 is 11.8 Å². The van der Waals surface area contributed by atoms with Crippen molar-refractivity contribution in [2.75, 3.05) is 5.32 Å². The molecule has 0 saturated heterocycles. The van der Waals surface area contributed by atoms with Crippen LogP contribution in [0.5, 0.6) is 0 Å². The summed E-state index contributed by atoms with van der Waals surface area (Å²) in [5.41, 5.74) is 1.36. The number of nitrogens with one attached hydrogen (secondary N) is 1. The highest BCUT2D eigenvalue weighted by Crippen LogP contribution is 2.44. The lowest BCUT2D eigenvalue weighted by Crippen LogP contribution is -2.36. The van der Waals surface area contributed by atoms with Gasteiger partial charge in [0.2, 0.25) is 0 Å². The minimum absolute atomic E-state index is 0.175. The second kappa shape index (κ2) is 6.09. The average Bonchev–Trinajstić information content (AvgIpc) is 2.97. The van der Waals surface area contributed by atoms with E-state index in [2.05, 4.69) is 10.4 Å². The summed E-state index contributed by atoms with van der Waals surface area (Å²) in [6.07, 6.45) is -3.92. The zero-order valence-corrected chi connectivity index (χ0v) is 13.7. The van der Waals surface area contributed by atoms with Gasteiger partial charge in [-0.1, -0.05) is 38.1 Å². The van der Waals surface area contributed by atoms with E-state index in [0.29, 0.717) is 16.2 Å². The van der Waals surface area contributed by atoms with Gasteiger partial charge in [0.25, 0.3) is 0 Å². The van der Waals surface area contributed by atoms with Crippen LogP contribution in [0.3, 0.4) is 0 Å². The van der Waals surface area contributed by atoms with Crippen molar-refractivity contribution in [3.05, 3.63) is 47.2 Å². The molecule has 3 rings (SSSR count). The number of carbonyl (C=O) groups is 1. The third-order valence-electron chi connectivity index (χ3n) is 4.46. The zero-order valence-electron chi connectivity index (χ0n) is 13.7. The number of hydrogen-bond donors (Lipinski definition) is 1. The first-order chi connectivity index (χ1) is 11.7. The van der Waals surface area contributed by atoms with Gasteiger partial charge in [0.05, 0.1) is 23.8 Å². The Balaban J connectivity index is 2.00. The smallest absolute Gasteiger partial charge is 0.410 e. The number of halogens is 3. The highest BCUT2D eigenvalue weighted by atomic mass is 19.4. The maximum absolute atomic E-state index is 13.4. The lowest BCUT2D eigenvalue weighted by atomic mass is 9.94. The van der Waals surface area contributed by atoms with E-state index in [-0.39, 0.29) is 17.8 Å². The van der Waals surface area contributed by atoms with Crippen LogP contribution < -0.4 is 10.4 Å². The Morgan fingerprint density at radius 3 is 2.48 bits per heavy atom. The molecule has 0 unspecified atom stereocenters. The fraction of sp³-hybridized carbons (Fsp3) is 0.412. The van der Waals surface area contributed by atoms with E-state index < -0.39 is 24.2 Å². The molecule has 1 aromatic carbocycles. The molecule has 1 aromatic heterocycles. The molecule has 0 fully saturated rings. The average molecular weight is 352 g/mol. The molecule has 1 aliphatic rings. The Hall–Kier alpha value is -2.51. The van der Waals surface area contributed by atoms with E-state index in [9.17, 15) is 23.1 Å². The number of carbonyl (C=O) groups excluding carboxylic acids is 1. The minimum atomic E-state index is -4.54. The van der Waals surface area contributed by atoms with Crippen molar-refractivity contribution in [1.82, 2.24) is 9.78 Å². The third-order valence-corrected chi connectivity index (χ3v) is 4.46. The predicted octanol–water partition coefficient (Wildman–Crippen LogP) is 3.03. The van der Waals surface area contributed by atoms with Crippen LogP contribution in [-0.4, -0.2) is 21.9 Å². The Morgan fingerprint density at radius 2 is 1.96 bits per heavy atom. The number of anilines is 1. The van der Waals surface area contributed by atoms with Gasteiger partial charge in [0.15, 0.2) is 6.04 Å². The largest absolute Gasteiger partial charge is 0.545 e. The molecule has 0 radical (unpaired) electrons. The summed E-state index contributed by atoms with van der Waals surface area (Å²) in [7, 11) is 0. The molecule has 0 bridgehead atoms. The molecule has 1 aliphatic heterocycles. The normalized spacial score (nSPS) is 20.2. The monoisotopic (exact) mass is 352 g/mol. The SMILES string of the molecule is CC(C)c1ccc([C@@H]2C[C@@H](C(F)(F)F)n3ncc(C(=O)[O-])c3N2)cc1. The standard InChI is InChI=1S/C17H18F3N3O2/c1-9(2)10-3-5-11(6-4-10)13-7-14(17(18,19)20)23-15(22-13)12(8-21-23)16(24)25/h3-6,8-9,13-14,22H,7H2,1-2H3,(H,24,25)/p-1/t13-,14-/m0/s1. The summed E-state index contributed by atoms with van der Waals surface area (Å²) in [6.45, 7) is 4.05. The Kier molecular flexibility index (Phi) is 4.22. The van der Waals surface area contributed by atoms with Gasteiger partial charge in [-0.25, -0.2) is 4.68 Å². The fourth-order valence-electron chi connectivity index (χ4n) is 3.04. The van der Waals surface area contributed by atoms with Crippen LogP contribution in [0, 0.1) is 0 Å². The first kappa shape index (κ1) is 17.3. The first-order valence-electron chi connectivity index (χ1n) is 7.90. The first-order valence-corrected chi connectivity index (χ1v) is 7.90. The molecular formula is C17H17F3N3O2-. The van der Waals surface area contributed by atoms with E-state index in [1.807, 2.05) is 26.0 Å². The van der Waals surface area contributed by atoms with Crippen LogP contribution in [0.25, 0.3) is 0 Å². The lowest BCUT2D eigenvalue weighted by molar-refractivity contribution is -0.255. The van der Waals surface area contributed by atoms with Crippen molar-refractivity contribution in [2.45, 2.75) is 44.4 Å². The maximum Gasteiger partial charge on any atom is 0.410 e. The van der Waals surface area contributed by atoms with Gasteiger partial charge in [-0.3, -0.25) is 0 Å². The van der Waals surface area contributed by atoms with Crippen molar-refractivity contribution in [3.63, 3.8) is 0 Å². The number of fused-ring (bicyclic) bond motifs is 1. The number of nitrogens with zero attached hydrogens (tertiary/aromatic N) is 2. The van der Waals surface area contributed by atoms with Crippen LogP contribution in [0.4, 0.5) is 19.0 Å². The van der Waals surface area contributed by atoms with E-state index in [1.165, 1.54) is 0 Å². The van der Waals surface area contributed by atoms with Gasteiger partial charge in [-0.05, 0) is 17.0 Å². The van der Waals surface area contributed by atoms with E-state index >= 15 is 0 Å². The molecule has 0 spiro atoms. The van der Waals surface area contributed by atoms with Gasteiger partial charge < -0.3 is 15.2 Å². The molecule has 2 atom stereocenters. The predicted molar refractivity (Wildman–Crippen MR) is 83.2 cm³/mol. The van der Waals surface area contributed by atoms with Crippen molar-refractivity contribution in [1.29, 1.82) is 0 Å². The molecule has 134 valence electrons. The Labute approximate surface area is 142 Å². The number of carboxylic acids is 1. The van der Waals surface area contributed by atoms with E-state index in [0.717, 1.165) is 11.8 Å². The molecule has 25 heavy (non-hydrogen) atoms. The summed E-state index contributed by atoms with van der Waals surface area (Å²) in [5, 5.41) is 17.6. The maximum atomic E-state index is 13.4. The molecule has 2 aromatic rings. The topological polar surface area (TPSA) is 70.0 Å². The number of aromatic nitrogens is 2. The van der Waals surface area contributed by atoms with E-state index in [1.54, 1.807) is 12.1 Å². The highest BCUT2D eigenvalue weighted by Gasteiger charge is 2.46. The second-order valence-electron chi connectivity index (χ2n) is 6.45. The van der Waals surface area contributed by atoms with Gasteiger partial charge >= 0.3 is 6.18 Å². The fourth-order valence-corrected chi connectivity index (χ4v) is 3.04. The van der Waals surface area contributed by atoms with Crippen LogP contribution in [0.2, 0.25) is 0 Å². The molecule has 1 N–H and O–H groups in total. The Morgan fingerprint density at radius 1 is 1.32 bits per heavy atom. The van der Waals surface area contributed by atoms with Crippen molar-refractivity contribution in [3.8, 4) is 0 Å². The van der Waals surface area contributed by atoms with Crippen LogP contribution in [0.15, 0.2) is 30.5 Å². The highest BCUT2D eigenvalue weighted by molar-refractivity contribution is 5.91. The Bertz CT molecular complexity index is 781. The lowest BCUT2D eigenvalue weighted by Gasteiger charge is -2.34. The summed E-state index contributed by atoms with van der Waals surface area (Å²) < 4.78 is 41.0. The molecule has 2 heterocycles. The van der Waals surface area contributed by atoms with Crippen molar-refractivity contribution in [2.24, 2.45) is 0 Å². The number of carboxylic acid groups (broad SMARTS) is 1. The molecule has 8 heteroatoms. The van der Waals surface area contributed by atoms with Gasteiger partial charge in [0, 0.05) is 6.42 Å². The number of benzene rings is 1. The summed E-state index contributed by atoms with van der Waals surface area (Å²) in [5.74, 6) is -1.43. The molecule has 5 nitrogen and oxygen atoms in total. The molecule has 0 amide bonds. The molecule has 0 aliphatic carbocycles. The molecular weight excluding hydrogens is 335 g/mol. The summed E-state index contributed by atoms with van der Waals surface area (Å²) in [4.78, 5) is 11.2. The summed E-state index contributed by atoms with van der Waals surface area (Å²) in [6, 6.07) is 4.71. The zero-order chi connectivity index (χ0) is 18.4. The third kappa shape index (κ3) is 3.20. The minimum Gasteiger partial charge on any atom is -0.545 e. The number of rotatable bonds is 3. The quantitative estimate of drug-likeness (QED) is 0.922. The van der Waals surface area contributed by atoms with Crippen LogP contribution in [0.1, 0.15) is 59.8 Å². The summed E-state index contributed by atoms with van der Waals surface area (Å²) >= 11 is 0. The van der Waals surface area contributed by atoms with Crippen LogP contribution >= 0.6 is 0 Å². The van der Waals surface area contributed by atoms with Crippen molar-refractivity contribution < 1.29 is 23.1 Å². The van der Waals surface area contributed by atoms with E-state index in [4.69, 9.17) is 0 Å². The second-order valence-corrected chi connectivity index (χ2v) is 6.45. The van der Waals surface area contributed by atoms with Gasteiger partial charge in [0.1, 0.15) is 5.82 Å². The van der Waals surface area contributed by atoms with Crippen LogP contribution in [-0.2, 0) is 0 Å². The van der Waals surface area contributed by atoms with Gasteiger partial charge in [-0.2, -0.15) is 18.3 Å². The number of aromatic carboxylic acids is 1. The number of hydrogen-bond acceptors (Lipinski definition) is 4. The molecule has 0 saturated carbocycles.